The van der Waals surface area contributed by atoms with Crippen molar-refractivity contribution in [1.29, 1.82) is 0 Å². The van der Waals surface area contributed by atoms with Crippen LogP contribution in [0.1, 0.15) is 34.7 Å². The van der Waals surface area contributed by atoms with Crippen molar-refractivity contribution in [3.05, 3.63) is 33.9 Å². The smallest absolute Gasteiger partial charge is 0.202 e. The summed E-state index contributed by atoms with van der Waals surface area (Å²) in [6.45, 7) is 8.22. The highest BCUT2D eigenvalue weighted by Crippen LogP contribution is 2.35. The predicted octanol–water partition coefficient (Wildman–Crippen LogP) is 4.03. The standard InChI is InChI=1S/C12H16F2/c1-7-6-8(2)10(4)11(9(7)3)12(5,13)14/h6H,1-5H3. The summed E-state index contributed by atoms with van der Waals surface area (Å²) in [6.07, 6.45) is 0. The minimum absolute atomic E-state index is 0.190. The third-order valence-corrected chi connectivity index (χ3v) is 2.81. The van der Waals surface area contributed by atoms with Crippen molar-refractivity contribution >= 4 is 0 Å². The summed E-state index contributed by atoms with van der Waals surface area (Å²) in [7, 11) is 0. The van der Waals surface area contributed by atoms with Crippen LogP contribution >= 0.6 is 0 Å². The molecule has 0 nitrogen and oxygen atoms in total. The molecule has 0 bridgehead atoms. The lowest BCUT2D eigenvalue weighted by Gasteiger charge is -2.20. The maximum Gasteiger partial charge on any atom is 0.271 e. The van der Waals surface area contributed by atoms with Crippen molar-refractivity contribution in [1.82, 2.24) is 0 Å². The molecule has 0 atom stereocenters. The van der Waals surface area contributed by atoms with E-state index < -0.39 is 5.92 Å². The lowest BCUT2D eigenvalue weighted by Crippen LogP contribution is -2.13. The first-order valence-electron chi connectivity index (χ1n) is 4.71. The Bertz CT molecular complexity index is 333. The summed E-state index contributed by atoms with van der Waals surface area (Å²) < 4.78 is 26.7. The Kier molecular flexibility index (Phi) is 2.66. The van der Waals surface area contributed by atoms with Crippen molar-refractivity contribution in [2.24, 2.45) is 0 Å². The molecule has 0 radical (unpaired) electrons. The number of hydrogen-bond donors (Lipinski definition) is 0. The molecule has 1 aromatic rings. The van der Waals surface area contributed by atoms with Gasteiger partial charge in [0.05, 0.1) is 0 Å². The van der Waals surface area contributed by atoms with Crippen LogP contribution in [-0.2, 0) is 5.92 Å². The van der Waals surface area contributed by atoms with Crippen molar-refractivity contribution in [3.63, 3.8) is 0 Å². The summed E-state index contributed by atoms with van der Waals surface area (Å²) in [4.78, 5) is 0. The lowest BCUT2D eigenvalue weighted by molar-refractivity contribution is 0.0160. The van der Waals surface area contributed by atoms with Gasteiger partial charge in [0.25, 0.3) is 5.92 Å². The zero-order chi connectivity index (χ0) is 11.1. The molecule has 0 unspecified atom stereocenters. The Morgan fingerprint density at radius 3 is 1.57 bits per heavy atom. The Morgan fingerprint density at radius 2 is 1.29 bits per heavy atom. The Morgan fingerprint density at radius 1 is 0.929 bits per heavy atom. The highest BCUT2D eigenvalue weighted by atomic mass is 19.3. The van der Waals surface area contributed by atoms with Gasteiger partial charge in [-0.3, -0.25) is 0 Å². The Hall–Kier alpha value is -0.920. The average Bonchev–Trinajstić information content (AvgIpc) is 1.98. The third-order valence-electron chi connectivity index (χ3n) is 2.81. The molecule has 0 spiro atoms. The summed E-state index contributed by atoms with van der Waals surface area (Å²) in [5.41, 5.74) is 3.48. The van der Waals surface area contributed by atoms with Crippen LogP contribution in [0, 0.1) is 27.7 Å². The Balaban J connectivity index is 3.56. The molecule has 0 saturated heterocycles. The predicted molar refractivity (Wildman–Crippen MR) is 55.0 cm³/mol. The van der Waals surface area contributed by atoms with Gasteiger partial charge in [-0.1, -0.05) is 6.07 Å². The first-order valence-corrected chi connectivity index (χ1v) is 4.71. The molecule has 0 fully saturated rings. The van der Waals surface area contributed by atoms with E-state index in [1.54, 1.807) is 13.8 Å². The van der Waals surface area contributed by atoms with Crippen molar-refractivity contribution in [2.45, 2.75) is 40.5 Å². The first kappa shape index (κ1) is 11.2. The zero-order valence-electron chi connectivity index (χ0n) is 9.33. The number of rotatable bonds is 1. The lowest BCUT2D eigenvalue weighted by atomic mass is 9.91. The fourth-order valence-electron chi connectivity index (χ4n) is 1.88. The molecule has 0 amide bonds. The Labute approximate surface area is 84.0 Å². The van der Waals surface area contributed by atoms with Crippen LogP contribution in [0.5, 0.6) is 0 Å². The molecule has 0 aliphatic heterocycles. The van der Waals surface area contributed by atoms with Gasteiger partial charge >= 0.3 is 0 Å². The molecule has 14 heavy (non-hydrogen) atoms. The molecule has 0 aromatic heterocycles. The normalized spacial score (nSPS) is 11.9. The maximum absolute atomic E-state index is 13.3. The summed E-state index contributed by atoms with van der Waals surface area (Å²) in [5, 5.41) is 0. The van der Waals surface area contributed by atoms with E-state index in [-0.39, 0.29) is 5.56 Å². The number of hydrogen-bond acceptors (Lipinski definition) is 0. The molecule has 0 saturated carbocycles. The van der Waals surface area contributed by atoms with Crippen LogP contribution in [-0.4, -0.2) is 0 Å². The van der Waals surface area contributed by atoms with Crippen LogP contribution in [0.25, 0.3) is 0 Å². The summed E-state index contributed by atoms with van der Waals surface area (Å²) in [6, 6.07) is 1.96. The van der Waals surface area contributed by atoms with Gasteiger partial charge < -0.3 is 0 Å². The van der Waals surface area contributed by atoms with E-state index >= 15 is 0 Å². The van der Waals surface area contributed by atoms with Gasteiger partial charge in [0, 0.05) is 12.5 Å². The van der Waals surface area contributed by atoms with Crippen molar-refractivity contribution in [2.75, 3.05) is 0 Å². The monoisotopic (exact) mass is 198 g/mol. The summed E-state index contributed by atoms with van der Waals surface area (Å²) in [5.74, 6) is -2.75. The fourth-order valence-corrected chi connectivity index (χ4v) is 1.88. The van der Waals surface area contributed by atoms with Gasteiger partial charge in [-0.15, -0.1) is 0 Å². The van der Waals surface area contributed by atoms with E-state index in [0.717, 1.165) is 18.1 Å². The molecular weight excluding hydrogens is 182 g/mol. The van der Waals surface area contributed by atoms with E-state index in [1.165, 1.54) is 0 Å². The van der Waals surface area contributed by atoms with Gasteiger partial charge in [-0.25, -0.2) is 8.78 Å². The molecule has 0 aliphatic rings. The van der Waals surface area contributed by atoms with E-state index in [2.05, 4.69) is 0 Å². The second-order valence-corrected chi connectivity index (χ2v) is 4.02. The van der Waals surface area contributed by atoms with Crippen molar-refractivity contribution in [3.8, 4) is 0 Å². The minimum Gasteiger partial charge on any atom is -0.202 e. The van der Waals surface area contributed by atoms with Gasteiger partial charge in [0.2, 0.25) is 0 Å². The molecule has 0 heterocycles. The van der Waals surface area contributed by atoms with Crippen LogP contribution in [0.3, 0.4) is 0 Å². The third kappa shape index (κ3) is 1.79. The number of benzene rings is 1. The first-order chi connectivity index (χ1) is 6.25. The maximum atomic E-state index is 13.3. The quantitative estimate of drug-likeness (QED) is 0.639. The largest absolute Gasteiger partial charge is 0.271 e. The van der Waals surface area contributed by atoms with Crippen LogP contribution in [0.4, 0.5) is 8.78 Å². The van der Waals surface area contributed by atoms with E-state index in [9.17, 15) is 8.78 Å². The van der Waals surface area contributed by atoms with Crippen molar-refractivity contribution < 1.29 is 8.78 Å². The highest BCUT2D eigenvalue weighted by Gasteiger charge is 2.29. The van der Waals surface area contributed by atoms with E-state index in [0.29, 0.717) is 11.1 Å². The molecule has 78 valence electrons. The summed E-state index contributed by atoms with van der Waals surface area (Å²) >= 11 is 0. The van der Waals surface area contributed by atoms with Gasteiger partial charge in [-0.2, -0.15) is 0 Å². The van der Waals surface area contributed by atoms with Gasteiger partial charge in [-0.05, 0) is 49.9 Å². The second-order valence-electron chi connectivity index (χ2n) is 4.02. The van der Waals surface area contributed by atoms with Gasteiger partial charge in [0.15, 0.2) is 0 Å². The molecular formula is C12H16F2. The minimum atomic E-state index is -2.75. The zero-order valence-corrected chi connectivity index (χ0v) is 9.33. The molecule has 2 heteroatoms. The van der Waals surface area contributed by atoms with Gasteiger partial charge in [0.1, 0.15) is 0 Å². The SMILES string of the molecule is Cc1cc(C)c(C)c(C(C)(F)F)c1C. The number of aryl methyl sites for hydroxylation is 2. The van der Waals surface area contributed by atoms with Crippen LogP contribution in [0.15, 0.2) is 6.07 Å². The van der Waals surface area contributed by atoms with E-state index in [4.69, 9.17) is 0 Å². The second kappa shape index (κ2) is 3.34. The molecule has 1 aromatic carbocycles. The fraction of sp³-hybridized carbons (Fsp3) is 0.500. The topological polar surface area (TPSA) is 0 Å². The number of alkyl halides is 2. The molecule has 0 aliphatic carbocycles. The number of halogens is 2. The molecule has 0 N–H and O–H groups in total. The average molecular weight is 198 g/mol. The molecule has 1 rings (SSSR count). The highest BCUT2D eigenvalue weighted by molar-refractivity contribution is 5.45. The van der Waals surface area contributed by atoms with E-state index in [1.807, 2.05) is 19.9 Å². The van der Waals surface area contributed by atoms with Crippen LogP contribution < -0.4 is 0 Å². The van der Waals surface area contributed by atoms with Crippen LogP contribution in [0.2, 0.25) is 0 Å².